The Labute approximate surface area is 130 Å². The minimum Gasteiger partial charge on any atom is -0.295 e. The molecule has 0 unspecified atom stereocenters. The number of carbonyl (C=O) groups excluding carboxylic acids is 1. The highest BCUT2D eigenvalue weighted by atomic mass is 32.1. The molecule has 0 atom stereocenters. The van der Waals surface area contributed by atoms with Crippen LogP contribution in [0.5, 0.6) is 0 Å². The van der Waals surface area contributed by atoms with Crippen LogP contribution in [0.2, 0.25) is 0 Å². The second kappa shape index (κ2) is 5.34. The van der Waals surface area contributed by atoms with Gasteiger partial charge in [-0.15, -0.1) is 10.2 Å². The van der Waals surface area contributed by atoms with Crippen molar-refractivity contribution in [1.82, 2.24) is 20.4 Å². The van der Waals surface area contributed by atoms with Crippen LogP contribution in [0, 0.1) is 0 Å². The van der Waals surface area contributed by atoms with E-state index in [9.17, 15) is 4.79 Å². The van der Waals surface area contributed by atoms with E-state index in [2.05, 4.69) is 25.7 Å². The molecule has 6 nitrogen and oxygen atoms in total. The number of carbonyl (C=O) groups is 1. The molecule has 3 aromatic rings. The number of H-pyrrole nitrogens is 1. The number of rotatable bonds is 4. The highest BCUT2D eigenvalue weighted by Gasteiger charge is 2.26. The third kappa shape index (κ3) is 2.62. The summed E-state index contributed by atoms with van der Waals surface area (Å²) in [5, 5.41) is 19.1. The van der Waals surface area contributed by atoms with Crippen molar-refractivity contribution >= 4 is 22.4 Å². The van der Waals surface area contributed by atoms with Crippen LogP contribution in [0.3, 0.4) is 0 Å². The smallest absolute Gasteiger partial charge is 0.277 e. The van der Waals surface area contributed by atoms with E-state index < -0.39 is 0 Å². The lowest BCUT2D eigenvalue weighted by Crippen LogP contribution is -2.12. The zero-order valence-corrected chi connectivity index (χ0v) is 12.4. The molecule has 2 aromatic heterocycles. The van der Waals surface area contributed by atoms with Crippen LogP contribution < -0.4 is 5.32 Å². The highest BCUT2D eigenvalue weighted by Crippen LogP contribution is 2.39. The van der Waals surface area contributed by atoms with E-state index in [4.69, 9.17) is 0 Å². The molecule has 1 aromatic carbocycles. The second-order valence-electron chi connectivity index (χ2n) is 5.22. The Kier molecular flexibility index (Phi) is 3.19. The van der Waals surface area contributed by atoms with Gasteiger partial charge in [-0.05, 0) is 18.9 Å². The number of amides is 1. The largest absolute Gasteiger partial charge is 0.295 e. The standard InChI is InChI=1S/C15H13N5OS/c21-13(12-8-11(17-18-12)9-6-7-9)16-15-20-19-14(22-15)10-4-2-1-3-5-10/h1-5,8-9H,6-7H2,(H,17,18)(H,16,20,21). The molecule has 1 amide bonds. The molecule has 0 saturated heterocycles. The van der Waals surface area contributed by atoms with Crippen LogP contribution in [-0.4, -0.2) is 26.3 Å². The molecular formula is C15H13N5OS. The van der Waals surface area contributed by atoms with Crippen molar-refractivity contribution < 1.29 is 4.79 Å². The van der Waals surface area contributed by atoms with Gasteiger partial charge in [-0.2, -0.15) is 5.10 Å². The lowest BCUT2D eigenvalue weighted by Gasteiger charge is -1.96. The molecule has 1 aliphatic carbocycles. The summed E-state index contributed by atoms with van der Waals surface area (Å²) in [5.41, 5.74) is 2.40. The third-order valence-electron chi connectivity index (χ3n) is 3.51. The lowest BCUT2D eigenvalue weighted by atomic mass is 10.2. The zero-order chi connectivity index (χ0) is 14.9. The fraction of sp³-hybridized carbons (Fsp3) is 0.200. The van der Waals surface area contributed by atoms with Crippen LogP contribution in [0.1, 0.15) is 34.9 Å². The van der Waals surface area contributed by atoms with Crippen molar-refractivity contribution in [2.45, 2.75) is 18.8 Å². The first-order valence-electron chi connectivity index (χ1n) is 7.05. The maximum absolute atomic E-state index is 12.2. The van der Waals surface area contributed by atoms with Crippen molar-refractivity contribution in [3.05, 3.63) is 47.8 Å². The van der Waals surface area contributed by atoms with Gasteiger partial charge in [0, 0.05) is 17.2 Å². The summed E-state index contributed by atoms with van der Waals surface area (Å²) in [4.78, 5) is 12.2. The predicted molar refractivity (Wildman–Crippen MR) is 83.9 cm³/mol. The van der Waals surface area contributed by atoms with Gasteiger partial charge in [0.05, 0.1) is 0 Å². The molecule has 0 radical (unpaired) electrons. The second-order valence-corrected chi connectivity index (χ2v) is 6.19. The molecule has 1 aliphatic rings. The van der Waals surface area contributed by atoms with E-state index in [0.29, 0.717) is 16.7 Å². The van der Waals surface area contributed by atoms with E-state index in [1.165, 1.54) is 24.2 Å². The Morgan fingerprint density at radius 2 is 2.05 bits per heavy atom. The molecule has 0 bridgehead atoms. The normalized spacial score (nSPS) is 14.0. The summed E-state index contributed by atoms with van der Waals surface area (Å²) in [6.07, 6.45) is 2.33. The zero-order valence-electron chi connectivity index (χ0n) is 11.6. The number of aromatic nitrogens is 4. The van der Waals surface area contributed by atoms with Crippen LogP contribution in [0.4, 0.5) is 5.13 Å². The van der Waals surface area contributed by atoms with Gasteiger partial charge in [-0.25, -0.2) is 0 Å². The lowest BCUT2D eigenvalue weighted by molar-refractivity contribution is 0.102. The molecule has 1 saturated carbocycles. The van der Waals surface area contributed by atoms with Crippen LogP contribution in [-0.2, 0) is 0 Å². The Morgan fingerprint density at radius 3 is 2.82 bits per heavy atom. The van der Waals surface area contributed by atoms with Gasteiger partial charge >= 0.3 is 0 Å². The fourth-order valence-electron chi connectivity index (χ4n) is 2.19. The Hall–Kier alpha value is -2.54. The van der Waals surface area contributed by atoms with Gasteiger partial charge in [0.15, 0.2) is 5.69 Å². The molecule has 22 heavy (non-hydrogen) atoms. The molecule has 4 rings (SSSR count). The van der Waals surface area contributed by atoms with Gasteiger partial charge < -0.3 is 0 Å². The number of aromatic amines is 1. The van der Waals surface area contributed by atoms with Crippen molar-refractivity contribution in [2.24, 2.45) is 0 Å². The van der Waals surface area contributed by atoms with Crippen LogP contribution >= 0.6 is 11.3 Å². The first-order valence-corrected chi connectivity index (χ1v) is 7.87. The molecule has 2 heterocycles. The highest BCUT2D eigenvalue weighted by molar-refractivity contribution is 7.18. The average Bonchev–Trinajstić information content (AvgIpc) is 3.10. The maximum atomic E-state index is 12.2. The first-order chi connectivity index (χ1) is 10.8. The Balaban J connectivity index is 1.48. The SMILES string of the molecule is O=C(Nc1nnc(-c2ccccc2)s1)c1cc(C2CC2)[nH]n1. The average molecular weight is 311 g/mol. The molecule has 1 fully saturated rings. The molecule has 7 heteroatoms. The van der Waals surface area contributed by atoms with E-state index in [0.717, 1.165) is 16.3 Å². The van der Waals surface area contributed by atoms with Gasteiger partial charge in [-0.3, -0.25) is 15.2 Å². The maximum Gasteiger partial charge on any atom is 0.277 e. The fourth-order valence-corrected chi connectivity index (χ4v) is 2.93. The minimum atomic E-state index is -0.265. The van der Waals surface area contributed by atoms with Crippen molar-refractivity contribution in [3.8, 4) is 10.6 Å². The monoisotopic (exact) mass is 311 g/mol. The van der Waals surface area contributed by atoms with Crippen LogP contribution in [0.15, 0.2) is 36.4 Å². The summed E-state index contributed by atoms with van der Waals surface area (Å²) in [5.74, 6) is 0.277. The number of nitrogens with one attached hydrogen (secondary N) is 2. The van der Waals surface area contributed by atoms with E-state index >= 15 is 0 Å². The molecule has 0 aliphatic heterocycles. The van der Waals surface area contributed by atoms with Gasteiger partial charge in [-0.1, -0.05) is 41.7 Å². The summed E-state index contributed by atoms with van der Waals surface area (Å²) in [7, 11) is 0. The molecule has 2 N–H and O–H groups in total. The van der Waals surface area contributed by atoms with E-state index in [1.54, 1.807) is 0 Å². The molecule has 0 spiro atoms. The summed E-state index contributed by atoms with van der Waals surface area (Å²) >= 11 is 1.34. The van der Waals surface area contributed by atoms with Gasteiger partial charge in [0.1, 0.15) is 5.01 Å². The van der Waals surface area contributed by atoms with Gasteiger partial charge in [0.2, 0.25) is 5.13 Å². The summed E-state index contributed by atoms with van der Waals surface area (Å²) in [6.45, 7) is 0. The van der Waals surface area contributed by atoms with Gasteiger partial charge in [0.25, 0.3) is 5.91 Å². The van der Waals surface area contributed by atoms with E-state index in [-0.39, 0.29) is 5.91 Å². The molecule has 110 valence electrons. The number of hydrogen-bond donors (Lipinski definition) is 2. The summed E-state index contributed by atoms with van der Waals surface area (Å²) in [6, 6.07) is 11.6. The first kappa shape index (κ1) is 13.1. The Bertz CT molecular complexity index is 806. The third-order valence-corrected chi connectivity index (χ3v) is 4.40. The number of benzene rings is 1. The van der Waals surface area contributed by atoms with Crippen molar-refractivity contribution in [2.75, 3.05) is 5.32 Å². The summed E-state index contributed by atoms with van der Waals surface area (Å²) < 4.78 is 0. The minimum absolute atomic E-state index is 0.265. The van der Waals surface area contributed by atoms with Crippen LogP contribution in [0.25, 0.3) is 10.6 Å². The number of hydrogen-bond acceptors (Lipinski definition) is 5. The van der Waals surface area contributed by atoms with E-state index in [1.807, 2.05) is 36.4 Å². The number of nitrogens with zero attached hydrogens (tertiary/aromatic N) is 3. The Morgan fingerprint density at radius 1 is 1.23 bits per heavy atom. The number of anilines is 1. The van der Waals surface area contributed by atoms with Crippen molar-refractivity contribution in [1.29, 1.82) is 0 Å². The van der Waals surface area contributed by atoms with Crippen molar-refractivity contribution in [3.63, 3.8) is 0 Å². The topological polar surface area (TPSA) is 83.6 Å². The predicted octanol–water partition coefficient (Wildman–Crippen LogP) is 3.06. The molecular weight excluding hydrogens is 298 g/mol. The quantitative estimate of drug-likeness (QED) is 0.775.